The molecule has 3 rings (SSSR count). The van der Waals surface area contributed by atoms with Crippen molar-refractivity contribution in [2.45, 2.75) is 12.6 Å². The number of halogens is 1. The number of ether oxygens (including phenoxy) is 1. The number of Topliss-reactive ketones (excluding diaryl/α,β-unsaturated/α-hetero) is 1. The van der Waals surface area contributed by atoms with E-state index in [-0.39, 0.29) is 5.78 Å². The van der Waals surface area contributed by atoms with Crippen molar-refractivity contribution in [3.63, 3.8) is 0 Å². The van der Waals surface area contributed by atoms with E-state index in [0.717, 1.165) is 5.56 Å². The highest BCUT2D eigenvalue weighted by atomic mass is 35.5. The van der Waals surface area contributed by atoms with Crippen LogP contribution in [0.25, 0.3) is 5.57 Å². The first-order chi connectivity index (χ1) is 9.52. The third-order valence-corrected chi connectivity index (χ3v) is 4.21. The van der Waals surface area contributed by atoms with Gasteiger partial charge in [-0.25, -0.2) is 0 Å². The lowest BCUT2D eigenvalue weighted by molar-refractivity contribution is -0.130. The monoisotopic (exact) mass is 305 g/mol. The van der Waals surface area contributed by atoms with Crippen molar-refractivity contribution in [3.8, 4) is 0 Å². The van der Waals surface area contributed by atoms with E-state index in [1.807, 2.05) is 16.8 Å². The van der Waals surface area contributed by atoms with Crippen LogP contribution in [0.3, 0.4) is 0 Å². The van der Waals surface area contributed by atoms with Crippen LogP contribution in [0.1, 0.15) is 18.1 Å². The number of thiophene rings is 1. The predicted molar refractivity (Wildman–Crippen MR) is 80.3 cm³/mol. The number of benzene rings is 1. The maximum absolute atomic E-state index is 12.7. The number of hydrogen-bond acceptors (Lipinski definition) is 4. The molecule has 1 unspecified atom stereocenters. The molecule has 0 saturated carbocycles. The molecule has 0 fully saturated rings. The third kappa shape index (κ3) is 1.97. The maximum atomic E-state index is 12.7. The lowest BCUT2D eigenvalue weighted by atomic mass is 9.94. The molecule has 3 nitrogen and oxygen atoms in total. The predicted octanol–water partition coefficient (Wildman–Crippen LogP) is 3.54. The minimum Gasteiger partial charge on any atom is -0.465 e. The molecule has 1 aliphatic rings. The molecule has 2 aromatic rings. The van der Waals surface area contributed by atoms with Gasteiger partial charge in [0.2, 0.25) is 11.5 Å². The van der Waals surface area contributed by atoms with Crippen LogP contribution in [-0.4, -0.2) is 5.78 Å². The van der Waals surface area contributed by atoms with Crippen molar-refractivity contribution in [2.24, 2.45) is 5.73 Å². The van der Waals surface area contributed by atoms with Crippen LogP contribution in [0.15, 0.2) is 46.9 Å². The van der Waals surface area contributed by atoms with Crippen LogP contribution in [0.4, 0.5) is 0 Å². The van der Waals surface area contributed by atoms with Crippen molar-refractivity contribution >= 4 is 34.3 Å². The van der Waals surface area contributed by atoms with Gasteiger partial charge in [-0.3, -0.25) is 10.5 Å². The Morgan fingerprint density at radius 1 is 1.35 bits per heavy atom. The molecule has 0 radical (unpaired) electrons. The molecule has 1 aliphatic heterocycles. The second-order valence-corrected chi connectivity index (χ2v) is 5.84. The molecule has 20 heavy (non-hydrogen) atoms. The summed E-state index contributed by atoms with van der Waals surface area (Å²) in [5.41, 5.74) is 6.64. The van der Waals surface area contributed by atoms with E-state index >= 15 is 0 Å². The first-order valence-corrected chi connectivity index (χ1v) is 7.36. The zero-order chi connectivity index (χ0) is 14.3. The lowest BCUT2D eigenvalue weighted by Crippen LogP contribution is -2.43. The fraction of sp³-hybridized carbons (Fsp3) is 0.133. The molecule has 0 spiro atoms. The molecule has 2 heterocycles. The average molecular weight is 306 g/mol. The Labute approximate surface area is 125 Å². The first-order valence-electron chi connectivity index (χ1n) is 6.04. The molecule has 1 aromatic heterocycles. The normalized spacial score (nSPS) is 22.2. The Morgan fingerprint density at radius 2 is 2.15 bits per heavy atom. The Morgan fingerprint density at radius 3 is 2.80 bits per heavy atom. The van der Waals surface area contributed by atoms with Gasteiger partial charge in [0.1, 0.15) is 5.76 Å². The van der Waals surface area contributed by atoms with Crippen LogP contribution < -0.4 is 5.73 Å². The molecule has 0 amide bonds. The van der Waals surface area contributed by atoms with E-state index in [2.05, 4.69) is 0 Å². The molecule has 102 valence electrons. The zero-order valence-electron chi connectivity index (χ0n) is 10.7. The number of ketones is 1. The van der Waals surface area contributed by atoms with Gasteiger partial charge in [-0.1, -0.05) is 23.7 Å². The minimum atomic E-state index is -1.43. The van der Waals surface area contributed by atoms with Crippen LogP contribution >= 0.6 is 22.9 Å². The zero-order valence-corrected chi connectivity index (χ0v) is 12.3. The summed E-state index contributed by atoms with van der Waals surface area (Å²) in [5, 5.41) is 4.26. The van der Waals surface area contributed by atoms with Crippen LogP contribution in [0.5, 0.6) is 0 Å². The van der Waals surface area contributed by atoms with Gasteiger partial charge >= 0.3 is 0 Å². The number of hydrogen-bond donors (Lipinski definition) is 1. The average Bonchev–Trinajstić information content (AvgIpc) is 2.99. The van der Waals surface area contributed by atoms with Crippen molar-refractivity contribution in [1.29, 1.82) is 0 Å². The van der Waals surface area contributed by atoms with Crippen molar-refractivity contribution < 1.29 is 9.53 Å². The topological polar surface area (TPSA) is 52.3 Å². The second-order valence-electron chi connectivity index (χ2n) is 4.62. The molecular formula is C15H12ClNO2S. The van der Waals surface area contributed by atoms with Crippen molar-refractivity contribution in [3.05, 3.63) is 63.0 Å². The van der Waals surface area contributed by atoms with Crippen LogP contribution in [0.2, 0.25) is 5.02 Å². The SMILES string of the molecule is CC1=C(c2cccc(Cl)c2)C(=O)C(N)(c2ccsc2)O1. The first kappa shape index (κ1) is 13.4. The number of rotatable bonds is 2. The Balaban J connectivity index is 2.06. The smallest absolute Gasteiger partial charge is 0.249 e. The number of carbonyl (C=O) groups excluding carboxylic acids is 1. The summed E-state index contributed by atoms with van der Waals surface area (Å²) in [4.78, 5) is 12.7. The van der Waals surface area contributed by atoms with Gasteiger partial charge in [-0.05, 0) is 41.4 Å². The molecule has 1 aromatic carbocycles. The summed E-state index contributed by atoms with van der Waals surface area (Å²) in [5.74, 6) is 0.279. The van der Waals surface area contributed by atoms with Crippen LogP contribution in [0, 0.1) is 0 Å². The van der Waals surface area contributed by atoms with E-state index in [4.69, 9.17) is 22.1 Å². The lowest BCUT2D eigenvalue weighted by Gasteiger charge is -2.21. The highest BCUT2D eigenvalue weighted by Gasteiger charge is 2.47. The van der Waals surface area contributed by atoms with Gasteiger partial charge in [0.25, 0.3) is 0 Å². The number of allylic oxidation sites excluding steroid dienone is 1. The van der Waals surface area contributed by atoms with Gasteiger partial charge in [-0.2, -0.15) is 11.3 Å². The molecule has 1 atom stereocenters. The van der Waals surface area contributed by atoms with E-state index < -0.39 is 5.72 Å². The van der Waals surface area contributed by atoms with Gasteiger partial charge in [0.15, 0.2) is 0 Å². The number of carbonyl (C=O) groups is 1. The highest BCUT2D eigenvalue weighted by molar-refractivity contribution is 7.08. The van der Waals surface area contributed by atoms with Gasteiger partial charge in [-0.15, -0.1) is 0 Å². The van der Waals surface area contributed by atoms with Crippen LogP contribution in [-0.2, 0) is 15.3 Å². The summed E-state index contributed by atoms with van der Waals surface area (Å²) < 4.78 is 5.68. The summed E-state index contributed by atoms with van der Waals surface area (Å²) in [6.07, 6.45) is 0. The minimum absolute atomic E-state index is 0.240. The van der Waals surface area contributed by atoms with Gasteiger partial charge in [0.05, 0.1) is 5.57 Å². The third-order valence-electron chi connectivity index (χ3n) is 3.29. The highest BCUT2D eigenvalue weighted by Crippen LogP contribution is 2.40. The van der Waals surface area contributed by atoms with Gasteiger partial charge < -0.3 is 4.74 Å². The molecule has 5 heteroatoms. The second kappa shape index (κ2) is 4.74. The van der Waals surface area contributed by atoms with E-state index in [1.165, 1.54) is 11.3 Å². The molecule has 2 N–H and O–H groups in total. The van der Waals surface area contributed by atoms with E-state index in [0.29, 0.717) is 21.9 Å². The number of nitrogens with two attached hydrogens (primary N) is 1. The standard InChI is InChI=1S/C15H12ClNO2S/c1-9-13(10-3-2-4-12(16)7-10)14(18)15(17,19-9)11-5-6-20-8-11/h2-8H,17H2,1H3. The summed E-state index contributed by atoms with van der Waals surface area (Å²) >= 11 is 7.46. The molecular weight excluding hydrogens is 294 g/mol. The largest absolute Gasteiger partial charge is 0.465 e. The van der Waals surface area contributed by atoms with Crippen molar-refractivity contribution in [1.82, 2.24) is 0 Å². The quantitative estimate of drug-likeness (QED) is 0.923. The molecule has 0 saturated heterocycles. The fourth-order valence-electron chi connectivity index (χ4n) is 2.33. The summed E-state index contributed by atoms with van der Waals surface area (Å²) in [7, 11) is 0. The molecule has 0 bridgehead atoms. The fourth-order valence-corrected chi connectivity index (χ4v) is 3.22. The maximum Gasteiger partial charge on any atom is 0.249 e. The van der Waals surface area contributed by atoms with E-state index in [9.17, 15) is 4.79 Å². The molecule has 0 aliphatic carbocycles. The van der Waals surface area contributed by atoms with E-state index in [1.54, 1.807) is 31.2 Å². The van der Waals surface area contributed by atoms with Gasteiger partial charge in [0, 0.05) is 10.6 Å². The summed E-state index contributed by atoms with van der Waals surface area (Å²) in [6, 6.07) is 8.92. The Kier molecular flexibility index (Phi) is 3.17. The Hall–Kier alpha value is -1.62. The summed E-state index contributed by atoms with van der Waals surface area (Å²) in [6.45, 7) is 1.75. The Bertz CT molecular complexity index is 708. The van der Waals surface area contributed by atoms with Crippen molar-refractivity contribution in [2.75, 3.05) is 0 Å².